The summed E-state index contributed by atoms with van der Waals surface area (Å²) < 4.78 is 0. The highest BCUT2D eigenvalue weighted by molar-refractivity contribution is 5.81. The maximum atomic E-state index is 11.2. The van der Waals surface area contributed by atoms with Crippen LogP contribution in [0.4, 0.5) is 0 Å². The van der Waals surface area contributed by atoms with Crippen molar-refractivity contribution in [1.82, 2.24) is 5.32 Å². The molecule has 2 aliphatic rings. The SMILES string of the molecule is CC(N)C(=O)NC1CC2CC2C1. The largest absolute Gasteiger partial charge is 0.352 e. The van der Waals surface area contributed by atoms with Gasteiger partial charge in [0.15, 0.2) is 0 Å². The van der Waals surface area contributed by atoms with Crippen molar-refractivity contribution in [1.29, 1.82) is 0 Å². The van der Waals surface area contributed by atoms with Gasteiger partial charge < -0.3 is 11.1 Å². The molecule has 0 aromatic rings. The fourth-order valence-electron chi connectivity index (χ4n) is 2.17. The molecule has 0 radical (unpaired) electrons. The molecule has 0 heterocycles. The number of amides is 1. The number of carbonyl (C=O) groups excluding carboxylic acids is 1. The van der Waals surface area contributed by atoms with Gasteiger partial charge >= 0.3 is 0 Å². The van der Waals surface area contributed by atoms with Gasteiger partial charge in [0.25, 0.3) is 0 Å². The van der Waals surface area contributed by atoms with Crippen molar-refractivity contribution in [3.05, 3.63) is 0 Å². The highest BCUT2D eigenvalue weighted by Crippen LogP contribution is 2.51. The van der Waals surface area contributed by atoms with E-state index in [9.17, 15) is 4.79 Å². The predicted molar refractivity (Wildman–Crippen MR) is 46.4 cm³/mol. The molecule has 2 rings (SSSR count). The Morgan fingerprint density at radius 2 is 2.00 bits per heavy atom. The summed E-state index contributed by atoms with van der Waals surface area (Å²) in [6.07, 6.45) is 3.76. The summed E-state index contributed by atoms with van der Waals surface area (Å²) in [5.74, 6) is 1.84. The normalized spacial score (nSPS) is 40.3. The second-order valence-corrected chi connectivity index (χ2v) is 4.22. The second-order valence-electron chi connectivity index (χ2n) is 4.22. The van der Waals surface area contributed by atoms with E-state index in [-0.39, 0.29) is 11.9 Å². The van der Waals surface area contributed by atoms with E-state index >= 15 is 0 Å². The molecule has 0 spiro atoms. The zero-order valence-electron chi connectivity index (χ0n) is 7.42. The molecule has 3 unspecified atom stereocenters. The van der Waals surface area contributed by atoms with Crippen molar-refractivity contribution in [3.8, 4) is 0 Å². The lowest BCUT2D eigenvalue weighted by molar-refractivity contribution is -0.122. The number of hydrogen-bond donors (Lipinski definition) is 2. The van der Waals surface area contributed by atoms with E-state index in [4.69, 9.17) is 5.73 Å². The lowest BCUT2D eigenvalue weighted by Crippen LogP contribution is -2.43. The van der Waals surface area contributed by atoms with Gasteiger partial charge in [0, 0.05) is 6.04 Å². The third-order valence-electron chi connectivity index (χ3n) is 3.00. The van der Waals surface area contributed by atoms with E-state index in [1.807, 2.05) is 0 Å². The molecule has 2 fully saturated rings. The minimum atomic E-state index is -0.359. The summed E-state index contributed by atoms with van der Waals surface area (Å²) in [6.45, 7) is 1.73. The standard InChI is InChI=1S/C9H16N2O/c1-5(10)9(12)11-8-3-6-2-7(6)4-8/h5-8H,2-4,10H2,1H3,(H,11,12). The molecular weight excluding hydrogens is 152 g/mol. The lowest BCUT2D eigenvalue weighted by Gasteiger charge is -2.15. The Bertz CT molecular complexity index is 193. The summed E-state index contributed by atoms with van der Waals surface area (Å²) in [7, 11) is 0. The second kappa shape index (κ2) is 2.73. The summed E-state index contributed by atoms with van der Waals surface area (Å²) in [6, 6.07) is 0.0641. The first-order chi connectivity index (χ1) is 5.66. The van der Waals surface area contributed by atoms with Crippen LogP contribution in [-0.2, 0) is 4.79 Å². The molecule has 0 aliphatic heterocycles. The first-order valence-electron chi connectivity index (χ1n) is 4.72. The Morgan fingerprint density at radius 3 is 2.50 bits per heavy atom. The minimum absolute atomic E-state index is 0.00120. The number of rotatable bonds is 2. The van der Waals surface area contributed by atoms with Crippen molar-refractivity contribution in [2.24, 2.45) is 17.6 Å². The van der Waals surface area contributed by atoms with Gasteiger partial charge in [0.1, 0.15) is 0 Å². The van der Waals surface area contributed by atoms with E-state index in [1.54, 1.807) is 6.92 Å². The van der Waals surface area contributed by atoms with Crippen LogP contribution in [-0.4, -0.2) is 18.0 Å². The number of fused-ring (bicyclic) bond motifs is 1. The Balaban J connectivity index is 1.77. The number of nitrogens with one attached hydrogen (secondary N) is 1. The number of hydrogen-bond acceptors (Lipinski definition) is 2. The van der Waals surface area contributed by atoms with Crippen LogP contribution in [0.15, 0.2) is 0 Å². The van der Waals surface area contributed by atoms with Crippen molar-refractivity contribution >= 4 is 5.91 Å². The van der Waals surface area contributed by atoms with Crippen LogP contribution in [0.1, 0.15) is 26.2 Å². The van der Waals surface area contributed by atoms with E-state index in [0.29, 0.717) is 6.04 Å². The van der Waals surface area contributed by atoms with Gasteiger partial charge in [0.05, 0.1) is 6.04 Å². The van der Waals surface area contributed by atoms with Crippen LogP contribution in [0, 0.1) is 11.8 Å². The zero-order chi connectivity index (χ0) is 8.72. The molecule has 3 atom stereocenters. The molecule has 68 valence electrons. The molecular formula is C9H16N2O. The minimum Gasteiger partial charge on any atom is -0.352 e. The molecule has 2 saturated carbocycles. The number of carbonyl (C=O) groups is 1. The van der Waals surface area contributed by atoms with Crippen LogP contribution >= 0.6 is 0 Å². The van der Waals surface area contributed by atoms with Gasteiger partial charge in [-0.15, -0.1) is 0 Å². The molecule has 3 heteroatoms. The number of nitrogens with two attached hydrogens (primary N) is 1. The molecule has 1 amide bonds. The molecule has 0 aromatic carbocycles. The van der Waals surface area contributed by atoms with E-state index in [2.05, 4.69) is 5.32 Å². The van der Waals surface area contributed by atoms with E-state index in [0.717, 1.165) is 11.8 Å². The monoisotopic (exact) mass is 168 g/mol. The first-order valence-corrected chi connectivity index (χ1v) is 4.72. The quantitative estimate of drug-likeness (QED) is 0.621. The van der Waals surface area contributed by atoms with Gasteiger partial charge in [-0.05, 0) is 38.0 Å². The van der Waals surface area contributed by atoms with Gasteiger partial charge in [-0.2, -0.15) is 0 Å². The summed E-state index contributed by atoms with van der Waals surface area (Å²) in [4.78, 5) is 11.2. The average Bonchev–Trinajstić information content (AvgIpc) is 2.59. The maximum Gasteiger partial charge on any atom is 0.236 e. The molecule has 3 N–H and O–H groups in total. The predicted octanol–water partition coefficient (Wildman–Crippen LogP) is 0.248. The Labute approximate surface area is 72.7 Å². The average molecular weight is 168 g/mol. The van der Waals surface area contributed by atoms with Crippen LogP contribution < -0.4 is 11.1 Å². The molecule has 2 aliphatic carbocycles. The van der Waals surface area contributed by atoms with E-state index < -0.39 is 0 Å². The molecule has 3 nitrogen and oxygen atoms in total. The highest BCUT2D eigenvalue weighted by Gasteiger charge is 2.46. The van der Waals surface area contributed by atoms with Crippen molar-refractivity contribution in [3.63, 3.8) is 0 Å². The Kier molecular flexibility index (Phi) is 1.83. The fraction of sp³-hybridized carbons (Fsp3) is 0.889. The van der Waals surface area contributed by atoms with E-state index in [1.165, 1.54) is 19.3 Å². The molecule has 0 aromatic heterocycles. The smallest absolute Gasteiger partial charge is 0.236 e. The van der Waals surface area contributed by atoms with Crippen molar-refractivity contribution in [2.45, 2.75) is 38.3 Å². The van der Waals surface area contributed by atoms with Gasteiger partial charge in [-0.3, -0.25) is 4.79 Å². The summed E-state index contributed by atoms with van der Waals surface area (Å²) in [5.41, 5.74) is 5.45. The maximum absolute atomic E-state index is 11.2. The zero-order valence-corrected chi connectivity index (χ0v) is 7.42. The highest BCUT2D eigenvalue weighted by atomic mass is 16.2. The topological polar surface area (TPSA) is 55.1 Å². The van der Waals surface area contributed by atoms with Crippen LogP contribution in [0.2, 0.25) is 0 Å². The van der Waals surface area contributed by atoms with Gasteiger partial charge in [-0.25, -0.2) is 0 Å². The third-order valence-corrected chi connectivity index (χ3v) is 3.00. The molecule has 0 bridgehead atoms. The molecule has 0 saturated heterocycles. The Morgan fingerprint density at radius 1 is 1.42 bits per heavy atom. The Hall–Kier alpha value is -0.570. The van der Waals surface area contributed by atoms with Gasteiger partial charge in [0.2, 0.25) is 5.91 Å². The van der Waals surface area contributed by atoms with Crippen molar-refractivity contribution < 1.29 is 4.79 Å². The van der Waals surface area contributed by atoms with Crippen molar-refractivity contribution in [2.75, 3.05) is 0 Å². The molecule has 12 heavy (non-hydrogen) atoms. The summed E-state index contributed by atoms with van der Waals surface area (Å²) in [5, 5.41) is 2.98. The lowest BCUT2D eigenvalue weighted by atomic mass is 10.1. The van der Waals surface area contributed by atoms with Crippen LogP contribution in [0.5, 0.6) is 0 Å². The third kappa shape index (κ3) is 1.46. The van der Waals surface area contributed by atoms with Gasteiger partial charge in [-0.1, -0.05) is 0 Å². The first kappa shape index (κ1) is 8.05. The fourth-order valence-corrected chi connectivity index (χ4v) is 2.17. The van der Waals surface area contributed by atoms with Crippen LogP contribution in [0.25, 0.3) is 0 Å². The van der Waals surface area contributed by atoms with Crippen LogP contribution in [0.3, 0.4) is 0 Å². The summed E-state index contributed by atoms with van der Waals surface area (Å²) >= 11 is 0.